The molecule has 0 nitrogen and oxygen atoms in total. The number of rotatable bonds is 4. The Morgan fingerprint density at radius 3 is 1.88 bits per heavy atom. The molecule has 0 saturated heterocycles. The van der Waals surface area contributed by atoms with Gasteiger partial charge in [-0.05, 0) is 0 Å². The van der Waals surface area contributed by atoms with Crippen LogP contribution in [0.1, 0.15) is 104 Å². The van der Waals surface area contributed by atoms with Crippen LogP contribution in [0.3, 0.4) is 0 Å². The van der Waals surface area contributed by atoms with Crippen molar-refractivity contribution in [3.05, 3.63) is 157 Å². The topological polar surface area (TPSA) is 0 Å². The van der Waals surface area contributed by atoms with E-state index in [0.717, 1.165) is 12.8 Å². The smallest absolute Gasteiger partial charge is 1.00 e. The Bertz CT molecular complexity index is 2030. The van der Waals surface area contributed by atoms with E-state index in [1.165, 1.54) is 40.7 Å². The van der Waals surface area contributed by atoms with Crippen molar-refractivity contribution in [2.45, 2.75) is 91.1 Å². The van der Waals surface area contributed by atoms with Crippen LogP contribution in [0.4, 0.5) is 0 Å². The first kappa shape index (κ1) is 38.4. The standard InChI is InChI=1S/C29H37.C13H10.C6H7.2ClH.Zr/c1-18-25-22-17-19-13-9-10-14-20(19)24(22)21-15-11-12-16-23(21)29(25,8)28(6,7)27(4,5)26(18,2)3;1-3-7-12(8-4-1)11-13-9-5-2-6-10-13;1-6-4-2-3-5-6;;;/h9-11,13-15,23H,12,16-17H2,1-8H3;1-10H;4-5H,2H2,1H3;2*1H;/q;;;;;+2/p-2. The molecule has 0 heterocycles. The fourth-order valence-electron chi connectivity index (χ4n) is 11.6. The molecule has 3 aromatic rings. The first-order chi connectivity index (χ1) is 23.3. The van der Waals surface area contributed by atoms with Gasteiger partial charge in [0.25, 0.3) is 0 Å². The van der Waals surface area contributed by atoms with E-state index in [1.54, 1.807) is 23.2 Å². The van der Waals surface area contributed by atoms with Gasteiger partial charge in [0.05, 0.1) is 0 Å². The van der Waals surface area contributed by atoms with E-state index in [1.807, 2.05) is 5.57 Å². The maximum atomic E-state index is 2.82. The Kier molecular flexibility index (Phi) is 9.96. The minimum absolute atomic E-state index is 0. The van der Waals surface area contributed by atoms with Crippen molar-refractivity contribution in [3.8, 4) is 0 Å². The van der Waals surface area contributed by atoms with Gasteiger partial charge in [0, 0.05) is 0 Å². The van der Waals surface area contributed by atoms with Gasteiger partial charge >= 0.3 is 306 Å². The number of halogens is 2. The number of fused-ring (bicyclic) bond motifs is 6. The summed E-state index contributed by atoms with van der Waals surface area (Å²) in [4.78, 5) is 0. The molecule has 8 rings (SSSR count). The van der Waals surface area contributed by atoms with Crippen LogP contribution >= 0.6 is 0 Å². The molecule has 0 aliphatic heterocycles. The second-order valence-corrected chi connectivity index (χ2v) is 24.7. The van der Waals surface area contributed by atoms with Gasteiger partial charge in [-0.25, -0.2) is 0 Å². The zero-order chi connectivity index (χ0) is 34.6. The van der Waals surface area contributed by atoms with Gasteiger partial charge in [0.15, 0.2) is 0 Å². The summed E-state index contributed by atoms with van der Waals surface area (Å²) in [5.74, 6) is 0.501. The van der Waals surface area contributed by atoms with E-state index in [2.05, 4.69) is 172 Å². The fraction of sp³-hybridized carbons (Fsp3) is 0.396. The molecular weight excluding hydrogens is 739 g/mol. The van der Waals surface area contributed by atoms with Crippen LogP contribution in [-0.2, 0) is 27.7 Å². The van der Waals surface area contributed by atoms with Crippen molar-refractivity contribution < 1.29 is 46.1 Å². The third-order valence-corrected chi connectivity index (χ3v) is 25.2. The molecule has 0 bridgehead atoms. The summed E-state index contributed by atoms with van der Waals surface area (Å²) in [6.07, 6.45) is 14.8. The third-order valence-electron chi connectivity index (χ3n) is 15.5. The summed E-state index contributed by atoms with van der Waals surface area (Å²) in [6, 6.07) is 32.6. The average molecular weight is 793 g/mol. The minimum Gasteiger partial charge on any atom is -1.00 e. The van der Waals surface area contributed by atoms with Gasteiger partial charge in [-0.2, -0.15) is 0 Å². The fourth-order valence-corrected chi connectivity index (χ4v) is 23.0. The zero-order valence-corrected chi connectivity index (χ0v) is 36.0. The molecule has 1 fully saturated rings. The average Bonchev–Trinajstić information content (AvgIpc) is 3.70. The van der Waals surface area contributed by atoms with Crippen molar-refractivity contribution in [3.63, 3.8) is 0 Å². The van der Waals surface area contributed by atoms with Gasteiger partial charge in [-0.1, -0.05) is 0 Å². The van der Waals surface area contributed by atoms with E-state index in [4.69, 9.17) is 0 Å². The van der Waals surface area contributed by atoms with E-state index in [-0.39, 0.29) is 49.6 Å². The van der Waals surface area contributed by atoms with Gasteiger partial charge in [-0.3, -0.25) is 0 Å². The quantitative estimate of drug-likeness (QED) is 0.277. The van der Waals surface area contributed by atoms with E-state index >= 15 is 0 Å². The normalized spacial score (nSPS) is 27.3. The summed E-state index contributed by atoms with van der Waals surface area (Å²) in [5.41, 5.74) is 14.2. The molecule has 3 atom stereocenters. The first-order valence-electron chi connectivity index (χ1n) is 18.7. The maximum absolute atomic E-state index is 3.00. The van der Waals surface area contributed by atoms with E-state index in [0.29, 0.717) is 5.92 Å². The Labute approximate surface area is 328 Å². The molecule has 5 aliphatic carbocycles. The SMILES string of the molecule is CC1=CC[C]([Zr+2](=[C](c2ccccc2)c2ccccc2)[C]2(C)C3=C4Cc5ccccc5C4=C4C=CCCC4C3(C)C(C)(C)C(C)(C)C2(C)C)=C1.[Cl-].[Cl-]. The van der Waals surface area contributed by atoms with Gasteiger partial charge in [0.2, 0.25) is 0 Å². The molecule has 3 heteroatoms. The molecule has 5 aliphatic rings. The Morgan fingerprint density at radius 2 is 1.29 bits per heavy atom. The Hall–Kier alpha value is -2.31. The molecular formula is C48H54Cl2Zr. The third kappa shape index (κ3) is 5.03. The van der Waals surface area contributed by atoms with Gasteiger partial charge in [0.1, 0.15) is 0 Å². The second-order valence-electron chi connectivity index (χ2n) is 17.6. The molecule has 3 aromatic carbocycles. The minimum atomic E-state index is -3.00. The first-order valence-corrected chi connectivity index (χ1v) is 22.4. The number of hydrogen-bond acceptors (Lipinski definition) is 0. The van der Waals surface area contributed by atoms with Crippen LogP contribution < -0.4 is 24.8 Å². The predicted octanol–water partition coefficient (Wildman–Crippen LogP) is 6.68. The van der Waals surface area contributed by atoms with E-state index < -0.39 is 21.3 Å². The largest absolute Gasteiger partial charge is 1.00 e. The molecule has 0 amide bonds. The molecule has 0 radical (unpaired) electrons. The molecule has 0 aromatic heterocycles. The van der Waals surface area contributed by atoms with Crippen LogP contribution in [0.2, 0.25) is 3.12 Å². The number of benzene rings is 3. The van der Waals surface area contributed by atoms with Crippen molar-refractivity contribution in [2.24, 2.45) is 27.6 Å². The molecule has 51 heavy (non-hydrogen) atoms. The summed E-state index contributed by atoms with van der Waals surface area (Å²) >= 11 is -3.00. The summed E-state index contributed by atoms with van der Waals surface area (Å²) in [5, 5.41) is 0. The Morgan fingerprint density at radius 1 is 0.706 bits per heavy atom. The number of allylic oxidation sites excluding steroid dienone is 10. The summed E-state index contributed by atoms with van der Waals surface area (Å²) in [7, 11) is 0. The molecule has 1 saturated carbocycles. The van der Waals surface area contributed by atoms with Crippen LogP contribution in [-0.4, -0.2) is 3.21 Å². The van der Waals surface area contributed by atoms with Gasteiger partial charge in [-0.15, -0.1) is 0 Å². The number of hydrogen-bond donors (Lipinski definition) is 0. The van der Waals surface area contributed by atoms with Crippen LogP contribution in [0.15, 0.2) is 135 Å². The van der Waals surface area contributed by atoms with Crippen LogP contribution in [0, 0.1) is 27.6 Å². The van der Waals surface area contributed by atoms with Crippen molar-refractivity contribution in [1.29, 1.82) is 0 Å². The molecule has 3 unspecified atom stereocenters. The monoisotopic (exact) mass is 790 g/mol. The molecule has 264 valence electrons. The van der Waals surface area contributed by atoms with E-state index in [9.17, 15) is 0 Å². The van der Waals surface area contributed by atoms with Crippen LogP contribution in [0.5, 0.6) is 0 Å². The molecule has 0 N–H and O–H groups in total. The second kappa shape index (κ2) is 13.2. The van der Waals surface area contributed by atoms with Crippen LogP contribution in [0.25, 0.3) is 5.57 Å². The predicted molar refractivity (Wildman–Crippen MR) is 206 cm³/mol. The Balaban J connectivity index is 0.00000224. The van der Waals surface area contributed by atoms with Crippen molar-refractivity contribution in [2.75, 3.05) is 0 Å². The van der Waals surface area contributed by atoms with Gasteiger partial charge < -0.3 is 24.8 Å². The maximum Gasteiger partial charge on any atom is -1.00 e. The molecule has 0 spiro atoms. The summed E-state index contributed by atoms with van der Waals surface area (Å²) in [6.45, 7) is 24.0. The van der Waals surface area contributed by atoms with Crippen molar-refractivity contribution in [1.82, 2.24) is 0 Å². The zero-order valence-electron chi connectivity index (χ0n) is 32.1. The van der Waals surface area contributed by atoms with Crippen molar-refractivity contribution >= 4 is 8.78 Å². The summed E-state index contributed by atoms with van der Waals surface area (Å²) < 4.78 is 3.43.